The monoisotopic (exact) mass is 903 g/mol. The number of hydrogen-bond donors (Lipinski definition) is 2. The maximum Gasteiger partial charge on any atom is 0.414 e. The van der Waals surface area contributed by atoms with Crippen LogP contribution >= 0.6 is 0 Å². The number of rotatable bonds is 10. The van der Waals surface area contributed by atoms with Gasteiger partial charge in [0.2, 0.25) is 5.91 Å². The van der Waals surface area contributed by atoms with E-state index in [9.17, 15) is 33.1 Å². The fraction of sp³-hybridized carbons (Fsp3) is 0.923. The third-order valence-corrected chi connectivity index (χ3v) is 21.2. The van der Waals surface area contributed by atoms with Gasteiger partial charge in [-0.05, 0) is 137 Å². The molecular weight excluding hydrogens is 819 g/mol. The largest absolute Gasteiger partial charge is 0.445 e. The van der Waals surface area contributed by atoms with Gasteiger partial charge >= 0.3 is 6.09 Å². The smallest absolute Gasteiger partial charge is 0.414 e. The first-order valence-electron chi connectivity index (χ1n) is 25.4. The number of piperidine rings is 1. The number of methoxy groups -OCH3 is 2. The molecule has 19 atom stereocenters. The summed E-state index contributed by atoms with van der Waals surface area (Å²) in [4.78, 5) is 56.5. The van der Waals surface area contributed by atoms with Crippen molar-refractivity contribution in [3.8, 4) is 0 Å². The topological polar surface area (TPSA) is 131 Å². The molecule has 2 amide bonds. The van der Waals surface area contributed by atoms with Gasteiger partial charge in [-0.25, -0.2) is 4.79 Å². The molecule has 10 nitrogen and oxygen atoms in total. The number of nitrogens with one attached hydrogen (secondary N) is 1. The van der Waals surface area contributed by atoms with E-state index in [1.807, 2.05) is 13.8 Å². The number of imide groups is 1. The van der Waals surface area contributed by atoms with Crippen LogP contribution in [0.1, 0.15) is 152 Å². The van der Waals surface area contributed by atoms with Crippen LogP contribution in [0, 0.1) is 79.8 Å². The van der Waals surface area contributed by atoms with Gasteiger partial charge in [-0.1, -0.05) is 55.4 Å². The summed E-state index contributed by atoms with van der Waals surface area (Å²) < 4.78 is 44.5. The molecule has 8 rings (SSSR count). The molecule has 6 aliphatic carbocycles. The lowest BCUT2D eigenvalue weighted by molar-refractivity contribution is -0.192. The highest BCUT2D eigenvalue weighted by Crippen LogP contribution is 2.70. The summed E-state index contributed by atoms with van der Waals surface area (Å²) in [7, 11) is 3.52. The Morgan fingerprint density at radius 2 is 1.20 bits per heavy atom. The summed E-state index contributed by atoms with van der Waals surface area (Å²) in [6.45, 7) is 18.8. The van der Waals surface area contributed by atoms with Gasteiger partial charge in [-0.2, -0.15) is 0 Å². The second-order valence-corrected chi connectivity index (χ2v) is 23.8. The van der Waals surface area contributed by atoms with Gasteiger partial charge in [-0.3, -0.25) is 28.5 Å². The van der Waals surface area contributed by atoms with E-state index in [1.165, 1.54) is 0 Å². The third kappa shape index (κ3) is 7.86. The zero-order valence-electron chi connectivity index (χ0n) is 41.1. The first kappa shape index (κ1) is 49.9. The number of fused-ring (bicyclic) bond motifs is 2. The lowest BCUT2D eigenvalue weighted by Gasteiger charge is -2.61. The van der Waals surface area contributed by atoms with Crippen LogP contribution in [0.4, 0.5) is 13.6 Å². The van der Waals surface area contributed by atoms with Crippen molar-refractivity contribution in [2.75, 3.05) is 47.2 Å². The normalized spacial score (nSPS) is 49.4. The second-order valence-electron chi connectivity index (χ2n) is 23.8. The Bertz CT molecular complexity index is 1750. The lowest BCUT2D eigenvalue weighted by Crippen LogP contribution is -2.63. The number of aliphatic hydroxyl groups excluding tert-OH is 1. The Labute approximate surface area is 383 Å². The zero-order chi connectivity index (χ0) is 46.8. The van der Waals surface area contributed by atoms with Crippen molar-refractivity contribution in [3.05, 3.63) is 0 Å². The van der Waals surface area contributed by atoms with Crippen LogP contribution in [0.15, 0.2) is 0 Å². The minimum absolute atomic E-state index is 0.0212. The van der Waals surface area contributed by atoms with Crippen LogP contribution in [0.25, 0.3) is 0 Å². The minimum Gasteiger partial charge on any atom is -0.445 e. The van der Waals surface area contributed by atoms with Gasteiger partial charge in [0.15, 0.2) is 0 Å². The molecule has 2 N–H and O–H groups in total. The van der Waals surface area contributed by atoms with Gasteiger partial charge in [0.05, 0.1) is 37.6 Å². The fourth-order valence-corrected chi connectivity index (χ4v) is 17.0. The number of hydrogen-bond acceptors (Lipinski definition) is 9. The van der Waals surface area contributed by atoms with Gasteiger partial charge in [0.25, 0.3) is 0 Å². The number of nitrogens with zero attached hydrogens (tertiary/aromatic N) is 1. The number of ketones is 2. The van der Waals surface area contributed by atoms with E-state index >= 15 is 0 Å². The highest BCUT2D eigenvalue weighted by Gasteiger charge is 2.70. The number of halogens is 2. The average molecular weight is 903 g/mol. The Morgan fingerprint density at radius 3 is 1.67 bits per heavy atom. The van der Waals surface area contributed by atoms with E-state index in [-0.39, 0.29) is 81.4 Å². The van der Waals surface area contributed by atoms with Crippen molar-refractivity contribution in [1.82, 2.24) is 10.2 Å². The molecular formula is C52H84F2N2O8. The molecule has 5 unspecified atom stereocenters. The molecule has 8 aliphatic rings. The van der Waals surface area contributed by atoms with Crippen LogP contribution in [0.5, 0.6) is 0 Å². The van der Waals surface area contributed by atoms with Crippen LogP contribution in [-0.4, -0.2) is 105 Å². The first-order valence-corrected chi connectivity index (χ1v) is 25.4. The molecule has 2 heterocycles. The third-order valence-electron chi connectivity index (χ3n) is 21.2. The Kier molecular flexibility index (Phi) is 14.4. The van der Waals surface area contributed by atoms with E-state index < -0.39 is 47.9 Å². The van der Waals surface area contributed by atoms with Gasteiger partial charge < -0.3 is 24.2 Å². The number of alkyl halides is 2. The predicted octanol–water partition coefficient (Wildman–Crippen LogP) is 9.33. The molecule has 6 saturated carbocycles. The van der Waals surface area contributed by atoms with E-state index in [2.05, 4.69) is 51.8 Å². The van der Waals surface area contributed by atoms with E-state index in [4.69, 9.17) is 14.2 Å². The van der Waals surface area contributed by atoms with E-state index in [1.54, 1.807) is 14.2 Å². The number of carbonyl (C=O) groups is 4. The van der Waals surface area contributed by atoms with Crippen LogP contribution in [-0.2, 0) is 28.6 Å². The minimum atomic E-state index is -0.806. The van der Waals surface area contributed by atoms with Gasteiger partial charge in [-0.15, -0.1) is 0 Å². The molecule has 8 fully saturated rings. The van der Waals surface area contributed by atoms with Gasteiger partial charge in [0, 0.05) is 66.7 Å². The van der Waals surface area contributed by atoms with E-state index in [0.717, 1.165) is 70.9 Å². The SMILES string of the molecule is CO[C@@H]1CCC23CC[C@@H](C)[C@](C)(C12)[C@H](O)C[C@@](C)(CCCF)C(=O)[C@@H]3C.CO[C@@H]1CCC23CC[C@@H](C)[C@](C)(C12)[C@H](OC(=O)NC(=O)[C@H]1CN2CC[C@@H]1C2)C[C@@](C)(CCCF)C(=O)[C@@H]3C. The van der Waals surface area contributed by atoms with Crippen molar-refractivity contribution in [3.63, 3.8) is 0 Å². The summed E-state index contributed by atoms with van der Waals surface area (Å²) >= 11 is 0. The molecule has 64 heavy (non-hydrogen) atoms. The predicted molar refractivity (Wildman–Crippen MR) is 242 cm³/mol. The standard InChI is InChI=1S/C30H47FN2O5.C22H37FO3/c1-18-7-11-30-12-8-22(37-5)24(30)29(18,4)23(15-28(3,10-6-13-31)25(34)19(30)2)38-27(36)32-26(35)21-17-33-14-9-20(21)16-33;1-14-7-10-22-11-8-16(26-5)18(22)21(14,4)17(24)13-20(3,9-6-12-23)19(25)15(22)2/h18-24H,6-17H2,1-5H3,(H,32,35,36);14-18,24H,6-13H2,1-5H3/t18-,19+,20-,21+,22-,23-,24?,28-,29+,30?;14-,15+,16-,17-,18?,20-,21+,22?/m11/s1. The highest BCUT2D eigenvalue weighted by atomic mass is 19.1. The van der Waals surface area contributed by atoms with Crippen LogP contribution in [0.3, 0.4) is 0 Å². The second kappa shape index (κ2) is 18.5. The number of aliphatic hydroxyl groups is 1. The highest BCUT2D eigenvalue weighted by molar-refractivity contribution is 5.94. The van der Waals surface area contributed by atoms with Crippen molar-refractivity contribution in [2.24, 2.45) is 79.8 Å². The number of alkyl carbamates (subject to hydrolysis) is 1. The number of Topliss-reactive ketones (excluding diaryl/α,β-unsaturated/α-hetero) is 2. The van der Waals surface area contributed by atoms with E-state index in [0.29, 0.717) is 56.9 Å². The van der Waals surface area contributed by atoms with Crippen molar-refractivity contribution in [2.45, 2.75) is 176 Å². The molecule has 0 aromatic carbocycles. The molecule has 0 aromatic heterocycles. The molecule has 12 heteroatoms. The molecule has 6 bridgehead atoms. The Morgan fingerprint density at radius 1 is 0.719 bits per heavy atom. The van der Waals surface area contributed by atoms with Crippen molar-refractivity contribution < 1.29 is 47.3 Å². The Hall–Kier alpha value is -2.02. The lowest BCUT2D eigenvalue weighted by atomic mass is 9.43. The fourth-order valence-electron chi connectivity index (χ4n) is 17.0. The number of carbonyl (C=O) groups excluding carboxylic acids is 4. The summed E-state index contributed by atoms with van der Waals surface area (Å²) in [6.07, 6.45) is 9.36. The van der Waals surface area contributed by atoms with Crippen LogP contribution < -0.4 is 5.32 Å². The molecule has 364 valence electrons. The zero-order valence-corrected chi connectivity index (χ0v) is 41.1. The number of ether oxygens (including phenoxy) is 3. The van der Waals surface area contributed by atoms with Gasteiger partial charge in [0.1, 0.15) is 17.7 Å². The molecule has 0 spiro atoms. The quantitative estimate of drug-likeness (QED) is 0.220. The molecule has 2 aliphatic heterocycles. The summed E-state index contributed by atoms with van der Waals surface area (Å²) in [5.74, 6) is 0.901. The summed E-state index contributed by atoms with van der Waals surface area (Å²) in [6, 6.07) is 0. The summed E-state index contributed by atoms with van der Waals surface area (Å²) in [5, 5.41) is 14.0. The number of amides is 2. The van der Waals surface area contributed by atoms with Crippen molar-refractivity contribution >= 4 is 23.6 Å². The first-order chi connectivity index (χ1) is 30.2. The maximum atomic E-state index is 14.2. The maximum absolute atomic E-state index is 14.2. The average Bonchev–Trinajstić information content (AvgIpc) is 4.09. The van der Waals surface area contributed by atoms with Crippen LogP contribution in [0.2, 0.25) is 0 Å². The Balaban J connectivity index is 0.000000206. The van der Waals surface area contributed by atoms with Crippen molar-refractivity contribution in [1.29, 1.82) is 0 Å². The summed E-state index contributed by atoms with van der Waals surface area (Å²) in [5.41, 5.74) is -2.47. The molecule has 2 saturated heterocycles. The molecule has 0 radical (unpaired) electrons. The molecule has 0 aromatic rings.